The van der Waals surface area contributed by atoms with Crippen LogP contribution in [-0.4, -0.2) is 29.8 Å². The van der Waals surface area contributed by atoms with E-state index in [1.54, 1.807) is 39.1 Å². The zero-order chi connectivity index (χ0) is 15.3. The number of hydrogen-bond acceptors (Lipinski definition) is 2. The van der Waals surface area contributed by atoms with Crippen LogP contribution in [0.3, 0.4) is 0 Å². The molecular formula is C14H18Cl2N2O2. The van der Waals surface area contributed by atoms with E-state index in [4.69, 9.17) is 23.2 Å². The maximum absolute atomic E-state index is 12.0. The first-order valence-corrected chi connectivity index (χ1v) is 7.11. The molecule has 0 saturated heterocycles. The molecule has 0 aliphatic carbocycles. The molecule has 0 aliphatic rings. The first-order valence-electron chi connectivity index (χ1n) is 6.35. The van der Waals surface area contributed by atoms with Crippen LogP contribution in [0.15, 0.2) is 18.2 Å². The van der Waals surface area contributed by atoms with Crippen LogP contribution in [0, 0.1) is 0 Å². The number of carbonyl (C=O) groups is 2. The molecule has 2 amide bonds. The molecule has 1 rings (SSSR count). The van der Waals surface area contributed by atoms with Crippen LogP contribution in [0.4, 0.5) is 0 Å². The van der Waals surface area contributed by atoms with Gasteiger partial charge in [-0.2, -0.15) is 0 Å². The summed E-state index contributed by atoms with van der Waals surface area (Å²) < 4.78 is 0. The SMILES string of the molecule is CCC(=O)N(Cc1ccc(Cl)c(Cl)c1)[C@H](C)C(=O)NC. The number of halogens is 2. The maximum Gasteiger partial charge on any atom is 0.242 e. The standard InChI is InChI=1S/C14H18Cl2N2O2/c1-4-13(19)18(9(2)14(20)17-3)8-10-5-6-11(15)12(16)7-10/h5-7,9H,4,8H2,1-3H3,(H,17,20)/t9-/m1/s1. The van der Waals surface area contributed by atoms with E-state index < -0.39 is 6.04 Å². The lowest BCUT2D eigenvalue weighted by Gasteiger charge is -2.28. The molecule has 0 unspecified atom stereocenters. The van der Waals surface area contributed by atoms with Crippen LogP contribution in [-0.2, 0) is 16.1 Å². The largest absolute Gasteiger partial charge is 0.357 e. The molecule has 0 heterocycles. The first-order chi connectivity index (χ1) is 9.40. The van der Waals surface area contributed by atoms with E-state index in [9.17, 15) is 9.59 Å². The summed E-state index contributed by atoms with van der Waals surface area (Å²) >= 11 is 11.8. The van der Waals surface area contributed by atoms with Gasteiger partial charge in [-0.05, 0) is 24.6 Å². The lowest BCUT2D eigenvalue weighted by atomic mass is 10.1. The third-order valence-electron chi connectivity index (χ3n) is 3.05. The summed E-state index contributed by atoms with van der Waals surface area (Å²) in [6, 6.07) is 4.64. The topological polar surface area (TPSA) is 49.4 Å². The highest BCUT2D eigenvalue weighted by molar-refractivity contribution is 6.42. The molecule has 20 heavy (non-hydrogen) atoms. The smallest absolute Gasteiger partial charge is 0.242 e. The second-order valence-electron chi connectivity index (χ2n) is 4.41. The van der Waals surface area contributed by atoms with Crippen molar-refractivity contribution < 1.29 is 9.59 Å². The minimum absolute atomic E-state index is 0.0906. The number of rotatable bonds is 5. The Hall–Kier alpha value is -1.26. The van der Waals surface area contributed by atoms with E-state index in [-0.39, 0.29) is 11.8 Å². The summed E-state index contributed by atoms with van der Waals surface area (Å²) in [5.74, 6) is -0.293. The number of carbonyl (C=O) groups excluding carboxylic acids is 2. The molecule has 0 aromatic heterocycles. The number of nitrogens with zero attached hydrogens (tertiary/aromatic N) is 1. The number of amides is 2. The van der Waals surface area contributed by atoms with E-state index in [0.717, 1.165) is 5.56 Å². The Morgan fingerprint density at radius 2 is 1.95 bits per heavy atom. The Balaban J connectivity index is 2.97. The van der Waals surface area contributed by atoms with Crippen molar-refractivity contribution in [3.63, 3.8) is 0 Å². The van der Waals surface area contributed by atoms with Crippen molar-refractivity contribution in [3.05, 3.63) is 33.8 Å². The summed E-state index contributed by atoms with van der Waals surface area (Å²) in [5.41, 5.74) is 0.831. The first kappa shape index (κ1) is 16.8. The molecule has 6 heteroatoms. The normalized spacial score (nSPS) is 11.8. The lowest BCUT2D eigenvalue weighted by Crippen LogP contribution is -2.46. The lowest BCUT2D eigenvalue weighted by molar-refractivity contribution is -0.140. The Kier molecular flexibility index (Phi) is 6.30. The zero-order valence-electron chi connectivity index (χ0n) is 11.7. The predicted octanol–water partition coefficient (Wildman–Crippen LogP) is 2.87. The number of benzene rings is 1. The fourth-order valence-electron chi connectivity index (χ4n) is 1.83. The molecule has 1 aromatic carbocycles. The van der Waals surface area contributed by atoms with Crippen LogP contribution in [0.5, 0.6) is 0 Å². The van der Waals surface area contributed by atoms with Gasteiger partial charge in [-0.25, -0.2) is 0 Å². The van der Waals surface area contributed by atoms with Crippen LogP contribution in [0.2, 0.25) is 10.0 Å². The average molecular weight is 317 g/mol. The van der Waals surface area contributed by atoms with Crippen molar-refractivity contribution in [1.29, 1.82) is 0 Å². The average Bonchev–Trinajstić information content (AvgIpc) is 2.45. The quantitative estimate of drug-likeness (QED) is 0.908. The van der Waals surface area contributed by atoms with Gasteiger partial charge < -0.3 is 10.2 Å². The molecule has 0 aliphatic heterocycles. The van der Waals surface area contributed by atoms with Crippen molar-refractivity contribution in [3.8, 4) is 0 Å². The molecule has 1 aromatic rings. The number of nitrogens with one attached hydrogen (secondary N) is 1. The molecule has 0 spiro atoms. The highest BCUT2D eigenvalue weighted by Crippen LogP contribution is 2.23. The van der Waals surface area contributed by atoms with Crippen molar-refractivity contribution >= 4 is 35.0 Å². The van der Waals surface area contributed by atoms with E-state index in [1.165, 1.54) is 4.90 Å². The van der Waals surface area contributed by atoms with Gasteiger partial charge in [0.1, 0.15) is 6.04 Å². The molecule has 0 bridgehead atoms. The summed E-state index contributed by atoms with van der Waals surface area (Å²) in [5, 5.41) is 3.44. The van der Waals surface area contributed by atoms with Gasteiger partial charge in [0.2, 0.25) is 11.8 Å². The van der Waals surface area contributed by atoms with E-state index in [1.807, 2.05) is 0 Å². The highest BCUT2D eigenvalue weighted by atomic mass is 35.5. The second-order valence-corrected chi connectivity index (χ2v) is 5.23. The molecule has 0 saturated carbocycles. The van der Waals surface area contributed by atoms with Crippen molar-refractivity contribution in [2.75, 3.05) is 7.05 Å². The third-order valence-corrected chi connectivity index (χ3v) is 3.79. The predicted molar refractivity (Wildman–Crippen MR) is 80.8 cm³/mol. The molecule has 0 radical (unpaired) electrons. The van der Waals surface area contributed by atoms with Crippen molar-refractivity contribution in [2.45, 2.75) is 32.9 Å². The molecule has 1 N–H and O–H groups in total. The summed E-state index contributed by atoms with van der Waals surface area (Å²) in [4.78, 5) is 25.3. The Morgan fingerprint density at radius 1 is 1.30 bits per heavy atom. The van der Waals surface area contributed by atoms with Crippen LogP contribution in [0.1, 0.15) is 25.8 Å². The monoisotopic (exact) mass is 316 g/mol. The van der Waals surface area contributed by atoms with Crippen molar-refractivity contribution in [2.24, 2.45) is 0 Å². The molecule has 110 valence electrons. The number of hydrogen-bond donors (Lipinski definition) is 1. The van der Waals surface area contributed by atoms with Gasteiger partial charge in [0, 0.05) is 20.0 Å². The molecule has 1 atom stereocenters. The van der Waals surface area contributed by atoms with Crippen molar-refractivity contribution in [1.82, 2.24) is 10.2 Å². The highest BCUT2D eigenvalue weighted by Gasteiger charge is 2.24. The molecule has 0 fully saturated rings. The van der Waals surface area contributed by atoms with Crippen LogP contribution < -0.4 is 5.32 Å². The van der Waals surface area contributed by atoms with Crippen LogP contribution in [0.25, 0.3) is 0 Å². The summed E-state index contributed by atoms with van der Waals surface area (Å²) in [6.07, 6.45) is 0.336. The van der Waals surface area contributed by atoms with Crippen LogP contribution >= 0.6 is 23.2 Å². The van der Waals surface area contributed by atoms with Gasteiger partial charge in [0.05, 0.1) is 10.0 Å². The van der Waals surface area contributed by atoms with Gasteiger partial charge in [0.25, 0.3) is 0 Å². The second kappa shape index (κ2) is 7.50. The maximum atomic E-state index is 12.0. The Labute approximate surface area is 129 Å². The van der Waals surface area contributed by atoms with Gasteiger partial charge in [-0.1, -0.05) is 36.2 Å². The minimum Gasteiger partial charge on any atom is -0.357 e. The van der Waals surface area contributed by atoms with Gasteiger partial charge >= 0.3 is 0 Å². The Bertz CT molecular complexity index is 506. The number of likely N-dealkylation sites (N-methyl/N-ethyl adjacent to an activating group) is 1. The van der Waals surface area contributed by atoms with Gasteiger partial charge in [0.15, 0.2) is 0 Å². The zero-order valence-corrected chi connectivity index (χ0v) is 13.3. The van der Waals surface area contributed by atoms with E-state index in [2.05, 4.69) is 5.32 Å². The van der Waals surface area contributed by atoms with E-state index in [0.29, 0.717) is 23.0 Å². The molecule has 4 nitrogen and oxygen atoms in total. The Morgan fingerprint density at radius 3 is 2.45 bits per heavy atom. The minimum atomic E-state index is -0.540. The van der Waals surface area contributed by atoms with Gasteiger partial charge in [-0.15, -0.1) is 0 Å². The third kappa shape index (κ3) is 4.12. The summed E-state index contributed by atoms with van der Waals surface area (Å²) in [7, 11) is 1.55. The van der Waals surface area contributed by atoms with E-state index >= 15 is 0 Å². The fraction of sp³-hybridized carbons (Fsp3) is 0.429. The summed E-state index contributed by atoms with van der Waals surface area (Å²) in [6.45, 7) is 3.78. The molecular weight excluding hydrogens is 299 g/mol. The van der Waals surface area contributed by atoms with Gasteiger partial charge in [-0.3, -0.25) is 9.59 Å². The fourth-order valence-corrected chi connectivity index (χ4v) is 2.15.